The highest BCUT2D eigenvalue weighted by Gasteiger charge is 2.51. The summed E-state index contributed by atoms with van der Waals surface area (Å²) in [6.07, 6.45) is -0.495. The molecule has 1 aliphatic rings. The van der Waals surface area contributed by atoms with Gasteiger partial charge in [0, 0.05) is 18.6 Å². The summed E-state index contributed by atoms with van der Waals surface area (Å²) >= 11 is 0. The third-order valence-corrected chi connectivity index (χ3v) is 7.69. The summed E-state index contributed by atoms with van der Waals surface area (Å²) in [4.78, 5) is 18.1. The lowest BCUT2D eigenvalue weighted by molar-refractivity contribution is -0.130. The van der Waals surface area contributed by atoms with E-state index in [4.69, 9.17) is 14.6 Å². The van der Waals surface area contributed by atoms with Crippen LogP contribution in [-0.2, 0) is 19.4 Å². The largest absolute Gasteiger partial charge is 0.494 e. The SMILES string of the molecule is C[C@H]1OC(c2ccc(OCCCO)cc2)=N[C@@]1(CCS(=O)(=O)c1ccccc1)C(=O)NC(CO)CO. The zero-order chi connectivity index (χ0) is 26.2. The number of aliphatic hydroxyl groups excluding tert-OH is 3. The molecule has 0 aliphatic carbocycles. The lowest BCUT2D eigenvalue weighted by atomic mass is 9.90. The number of hydrogen-bond donors (Lipinski definition) is 4. The van der Waals surface area contributed by atoms with E-state index < -0.39 is 46.6 Å². The van der Waals surface area contributed by atoms with Gasteiger partial charge in [0.1, 0.15) is 11.9 Å². The number of amides is 1. The molecule has 2 aromatic carbocycles. The Bertz CT molecular complexity index is 1130. The zero-order valence-electron chi connectivity index (χ0n) is 20.0. The van der Waals surface area contributed by atoms with E-state index >= 15 is 0 Å². The van der Waals surface area contributed by atoms with Crippen molar-refractivity contribution in [2.75, 3.05) is 32.2 Å². The van der Waals surface area contributed by atoms with Crippen molar-refractivity contribution < 1.29 is 38.0 Å². The number of nitrogens with zero attached hydrogens (tertiary/aromatic N) is 1. The van der Waals surface area contributed by atoms with Gasteiger partial charge in [-0.3, -0.25) is 4.79 Å². The molecular weight excluding hydrogens is 488 g/mol. The highest BCUT2D eigenvalue weighted by atomic mass is 32.2. The lowest BCUT2D eigenvalue weighted by Gasteiger charge is -2.29. The molecule has 1 heterocycles. The van der Waals surface area contributed by atoms with E-state index in [-0.39, 0.29) is 29.6 Å². The van der Waals surface area contributed by atoms with Gasteiger partial charge in [-0.05, 0) is 49.7 Å². The van der Waals surface area contributed by atoms with Gasteiger partial charge in [0.15, 0.2) is 15.4 Å². The Morgan fingerprint density at radius 1 is 1.11 bits per heavy atom. The van der Waals surface area contributed by atoms with Crippen LogP contribution in [-0.4, -0.2) is 85.4 Å². The minimum atomic E-state index is -3.72. The van der Waals surface area contributed by atoms with Crippen LogP contribution in [0.2, 0.25) is 0 Å². The van der Waals surface area contributed by atoms with Crippen LogP contribution in [0.15, 0.2) is 64.5 Å². The van der Waals surface area contributed by atoms with Crippen molar-refractivity contribution in [2.24, 2.45) is 4.99 Å². The van der Waals surface area contributed by atoms with Crippen LogP contribution in [0.5, 0.6) is 5.75 Å². The van der Waals surface area contributed by atoms with E-state index in [1.807, 2.05) is 0 Å². The number of ether oxygens (including phenoxy) is 2. The first-order chi connectivity index (χ1) is 17.3. The number of benzene rings is 2. The Kier molecular flexibility index (Phi) is 9.43. The monoisotopic (exact) mass is 520 g/mol. The highest BCUT2D eigenvalue weighted by molar-refractivity contribution is 7.91. The number of carbonyl (C=O) groups is 1. The molecular formula is C25H32N2O8S. The van der Waals surface area contributed by atoms with Crippen LogP contribution in [0.3, 0.4) is 0 Å². The van der Waals surface area contributed by atoms with Gasteiger partial charge in [-0.1, -0.05) is 18.2 Å². The quantitative estimate of drug-likeness (QED) is 0.281. The van der Waals surface area contributed by atoms with Crippen molar-refractivity contribution in [1.82, 2.24) is 5.32 Å². The highest BCUT2D eigenvalue weighted by Crippen LogP contribution is 2.33. The summed E-state index contributed by atoms with van der Waals surface area (Å²) < 4.78 is 37.4. The molecule has 2 aromatic rings. The van der Waals surface area contributed by atoms with Crippen molar-refractivity contribution in [3.8, 4) is 5.75 Å². The van der Waals surface area contributed by atoms with E-state index in [1.165, 1.54) is 12.1 Å². The van der Waals surface area contributed by atoms with Crippen LogP contribution in [0, 0.1) is 0 Å². The predicted molar refractivity (Wildman–Crippen MR) is 133 cm³/mol. The minimum Gasteiger partial charge on any atom is -0.494 e. The normalized spacial score (nSPS) is 19.6. The molecule has 1 amide bonds. The Balaban J connectivity index is 1.90. The van der Waals surface area contributed by atoms with Crippen LogP contribution in [0.1, 0.15) is 25.3 Å². The van der Waals surface area contributed by atoms with Crippen molar-refractivity contribution in [2.45, 2.75) is 42.3 Å². The zero-order valence-corrected chi connectivity index (χ0v) is 20.9. The molecule has 0 fully saturated rings. The third-order valence-electron chi connectivity index (χ3n) is 5.96. The molecule has 2 atom stereocenters. The minimum absolute atomic E-state index is 0.0260. The van der Waals surface area contributed by atoms with Crippen LogP contribution in [0.4, 0.5) is 0 Å². The summed E-state index contributed by atoms with van der Waals surface area (Å²) in [7, 11) is -3.72. The molecule has 0 bridgehead atoms. The molecule has 10 nitrogen and oxygen atoms in total. The number of sulfone groups is 1. The molecule has 0 spiro atoms. The molecule has 0 aromatic heterocycles. The van der Waals surface area contributed by atoms with E-state index in [9.17, 15) is 23.4 Å². The smallest absolute Gasteiger partial charge is 0.252 e. The summed E-state index contributed by atoms with van der Waals surface area (Å²) in [6.45, 7) is 1.03. The first kappa shape index (κ1) is 27.6. The number of aliphatic hydroxyl groups is 3. The number of aliphatic imine (C=N–C) groups is 1. The van der Waals surface area contributed by atoms with Gasteiger partial charge in [-0.25, -0.2) is 13.4 Å². The van der Waals surface area contributed by atoms with Crippen LogP contribution in [0.25, 0.3) is 0 Å². The number of rotatable bonds is 13. The molecule has 3 rings (SSSR count). The van der Waals surface area contributed by atoms with Crippen molar-refractivity contribution in [1.29, 1.82) is 0 Å². The van der Waals surface area contributed by atoms with Gasteiger partial charge in [0.05, 0.1) is 36.5 Å². The van der Waals surface area contributed by atoms with Crippen molar-refractivity contribution >= 4 is 21.6 Å². The molecule has 0 unspecified atom stereocenters. The molecule has 1 aliphatic heterocycles. The first-order valence-corrected chi connectivity index (χ1v) is 13.3. The van der Waals surface area contributed by atoms with Crippen molar-refractivity contribution in [3.05, 3.63) is 60.2 Å². The average molecular weight is 521 g/mol. The van der Waals surface area contributed by atoms with Gasteiger partial charge in [0.2, 0.25) is 5.90 Å². The topological polar surface area (TPSA) is 155 Å². The fraction of sp³-hybridized carbons (Fsp3) is 0.440. The fourth-order valence-electron chi connectivity index (χ4n) is 3.75. The van der Waals surface area contributed by atoms with Crippen molar-refractivity contribution in [3.63, 3.8) is 0 Å². The Labute approximate surface area is 210 Å². The molecule has 0 saturated heterocycles. The van der Waals surface area contributed by atoms with E-state index in [2.05, 4.69) is 10.3 Å². The van der Waals surface area contributed by atoms with Crippen LogP contribution < -0.4 is 10.1 Å². The summed E-state index contributed by atoms with van der Waals surface area (Å²) in [6, 6.07) is 13.8. The molecule has 4 N–H and O–H groups in total. The van der Waals surface area contributed by atoms with Gasteiger partial charge in [0.25, 0.3) is 5.91 Å². The maximum absolute atomic E-state index is 13.4. The van der Waals surface area contributed by atoms with Gasteiger partial charge < -0.3 is 30.1 Å². The van der Waals surface area contributed by atoms with E-state index in [1.54, 1.807) is 49.4 Å². The molecule has 11 heteroatoms. The summed E-state index contributed by atoms with van der Waals surface area (Å²) in [5, 5.41) is 30.3. The summed E-state index contributed by atoms with van der Waals surface area (Å²) in [5.41, 5.74) is -1.03. The maximum atomic E-state index is 13.4. The molecule has 36 heavy (non-hydrogen) atoms. The van der Waals surface area contributed by atoms with Gasteiger partial charge >= 0.3 is 0 Å². The van der Waals surface area contributed by atoms with Crippen LogP contribution >= 0.6 is 0 Å². The Morgan fingerprint density at radius 3 is 2.39 bits per heavy atom. The fourth-order valence-corrected chi connectivity index (χ4v) is 5.13. The first-order valence-electron chi connectivity index (χ1n) is 11.7. The standard InChI is InChI=1S/C25H32N2O8S/c1-18-25(24(31)26-20(16-29)17-30,12-15-36(32,33)22-6-3-2-4-7-22)27-23(35-18)19-8-10-21(11-9-19)34-14-5-13-28/h2-4,6-11,18,20,28-30H,5,12-17H2,1H3,(H,26,31)/t18-,25-/m1/s1. The molecule has 0 radical (unpaired) electrons. The maximum Gasteiger partial charge on any atom is 0.252 e. The van der Waals surface area contributed by atoms with E-state index in [0.29, 0.717) is 24.3 Å². The Hall–Kier alpha value is -2.99. The van der Waals surface area contributed by atoms with Gasteiger partial charge in [-0.15, -0.1) is 0 Å². The second kappa shape index (κ2) is 12.3. The second-order valence-corrected chi connectivity index (χ2v) is 10.6. The molecule has 196 valence electrons. The lowest BCUT2D eigenvalue weighted by Crippen LogP contribution is -2.55. The summed E-state index contributed by atoms with van der Waals surface area (Å²) in [5.74, 6) is -0.257. The predicted octanol–water partition coefficient (Wildman–Crippen LogP) is 0.685. The second-order valence-electron chi connectivity index (χ2n) is 8.47. The number of hydrogen-bond acceptors (Lipinski definition) is 9. The van der Waals surface area contributed by atoms with E-state index in [0.717, 1.165) is 0 Å². The average Bonchev–Trinajstić information content (AvgIpc) is 3.24. The number of carbonyl (C=O) groups excluding carboxylic acids is 1. The number of nitrogens with one attached hydrogen (secondary N) is 1. The molecule has 0 saturated carbocycles. The Morgan fingerprint density at radius 2 is 1.78 bits per heavy atom. The third kappa shape index (κ3) is 6.41. The van der Waals surface area contributed by atoms with Gasteiger partial charge in [-0.2, -0.15) is 0 Å².